The summed E-state index contributed by atoms with van der Waals surface area (Å²) >= 11 is 0. The molecule has 0 radical (unpaired) electrons. The van der Waals surface area contributed by atoms with Crippen molar-refractivity contribution in [3.8, 4) is 22.8 Å². The van der Waals surface area contributed by atoms with Gasteiger partial charge in [0.2, 0.25) is 5.89 Å². The Bertz CT molecular complexity index is 1210. The van der Waals surface area contributed by atoms with Crippen LogP contribution in [0, 0.1) is 13.8 Å². The van der Waals surface area contributed by atoms with E-state index < -0.39 is 0 Å². The molecule has 0 N–H and O–H groups in total. The van der Waals surface area contributed by atoms with Gasteiger partial charge >= 0.3 is 0 Å². The summed E-state index contributed by atoms with van der Waals surface area (Å²) in [5.74, 6) is 0.555. The molecule has 0 saturated carbocycles. The summed E-state index contributed by atoms with van der Waals surface area (Å²) in [6, 6.07) is 19.2. The lowest BCUT2D eigenvalue weighted by Crippen LogP contribution is -2.03. The number of oxazole rings is 1. The van der Waals surface area contributed by atoms with Gasteiger partial charge in [0, 0.05) is 11.3 Å². The quantitative estimate of drug-likeness (QED) is 0.363. The van der Waals surface area contributed by atoms with Crippen molar-refractivity contribution in [1.82, 2.24) is 14.8 Å². The standard InChI is InChI=1S/C27H27N3O/c1-19-8-10-21(11-9-19)17-30-20(2)16-25(29-30)27-28-26(18-31-27)24-14-12-23(13-15-24)22-6-4-3-5-7-22/h6,8-16,18H,3-5,7,17H2,1-2H3. The fourth-order valence-corrected chi connectivity index (χ4v) is 4.12. The van der Waals surface area contributed by atoms with Crippen LogP contribution in [0.5, 0.6) is 0 Å². The van der Waals surface area contributed by atoms with Gasteiger partial charge in [-0.1, -0.05) is 60.2 Å². The molecule has 0 amide bonds. The van der Waals surface area contributed by atoms with Crippen LogP contribution >= 0.6 is 0 Å². The maximum Gasteiger partial charge on any atom is 0.247 e. The Morgan fingerprint density at radius 1 is 0.903 bits per heavy atom. The Hall–Kier alpha value is -3.40. The van der Waals surface area contributed by atoms with Crippen LogP contribution < -0.4 is 0 Å². The van der Waals surface area contributed by atoms with Gasteiger partial charge in [0.1, 0.15) is 17.7 Å². The summed E-state index contributed by atoms with van der Waals surface area (Å²) in [6.07, 6.45) is 9.07. The summed E-state index contributed by atoms with van der Waals surface area (Å²) < 4.78 is 7.78. The summed E-state index contributed by atoms with van der Waals surface area (Å²) in [5.41, 5.74) is 9.02. The highest BCUT2D eigenvalue weighted by molar-refractivity contribution is 5.70. The number of rotatable bonds is 5. The maximum atomic E-state index is 5.79. The zero-order valence-electron chi connectivity index (χ0n) is 18.1. The van der Waals surface area contributed by atoms with Crippen molar-refractivity contribution in [2.45, 2.75) is 46.1 Å². The highest BCUT2D eigenvalue weighted by Crippen LogP contribution is 2.29. The SMILES string of the molecule is Cc1ccc(Cn2nc(-c3nc(-c4ccc(C5=CCCCC5)cc4)co3)cc2C)cc1. The summed E-state index contributed by atoms with van der Waals surface area (Å²) in [4.78, 5) is 4.71. The van der Waals surface area contributed by atoms with Crippen LogP contribution in [0.2, 0.25) is 0 Å². The smallest absolute Gasteiger partial charge is 0.247 e. The summed E-state index contributed by atoms with van der Waals surface area (Å²) in [7, 11) is 0. The molecule has 2 aromatic heterocycles. The van der Waals surface area contributed by atoms with E-state index in [9.17, 15) is 0 Å². The first-order chi connectivity index (χ1) is 15.2. The van der Waals surface area contributed by atoms with Crippen LogP contribution in [0.3, 0.4) is 0 Å². The molecular formula is C27H27N3O. The molecule has 156 valence electrons. The Morgan fingerprint density at radius 2 is 1.68 bits per heavy atom. The van der Waals surface area contributed by atoms with Gasteiger partial charge in [-0.25, -0.2) is 4.98 Å². The molecule has 0 unspecified atom stereocenters. The second-order valence-electron chi connectivity index (χ2n) is 8.40. The van der Waals surface area contributed by atoms with E-state index >= 15 is 0 Å². The normalized spacial score (nSPS) is 13.9. The number of allylic oxidation sites excluding steroid dienone is 2. The molecule has 31 heavy (non-hydrogen) atoms. The number of hydrogen-bond acceptors (Lipinski definition) is 3. The molecule has 0 aliphatic heterocycles. The second-order valence-corrected chi connectivity index (χ2v) is 8.40. The van der Waals surface area contributed by atoms with Gasteiger partial charge in [0.05, 0.1) is 6.54 Å². The molecule has 2 heterocycles. The number of hydrogen-bond donors (Lipinski definition) is 0. The van der Waals surface area contributed by atoms with Gasteiger partial charge in [0.25, 0.3) is 0 Å². The summed E-state index contributed by atoms with van der Waals surface area (Å²) in [6.45, 7) is 4.90. The predicted octanol–water partition coefficient (Wildman–Crippen LogP) is 6.83. The van der Waals surface area contributed by atoms with E-state index in [1.54, 1.807) is 6.26 Å². The summed E-state index contributed by atoms with van der Waals surface area (Å²) in [5, 5.41) is 4.73. The van der Waals surface area contributed by atoms with E-state index in [0.717, 1.165) is 29.2 Å². The van der Waals surface area contributed by atoms with E-state index in [1.807, 2.05) is 10.7 Å². The third-order valence-corrected chi connectivity index (χ3v) is 6.00. The van der Waals surface area contributed by atoms with E-state index in [1.165, 1.54) is 47.9 Å². The monoisotopic (exact) mass is 409 g/mol. The first-order valence-electron chi connectivity index (χ1n) is 11.0. The molecule has 5 rings (SSSR count). The van der Waals surface area contributed by atoms with Crippen molar-refractivity contribution in [3.05, 3.63) is 89.3 Å². The predicted molar refractivity (Wildman–Crippen MR) is 125 cm³/mol. The molecule has 0 spiro atoms. The number of aryl methyl sites for hydroxylation is 2. The molecule has 4 nitrogen and oxygen atoms in total. The minimum Gasteiger partial charge on any atom is -0.443 e. The van der Waals surface area contributed by atoms with Crippen LogP contribution in [0.25, 0.3) is 28.4 Å². The molecule has 0 atom stereocenters. The molecule has 4 heteroatoms. The number of aromatic nitrogens is 3. The lowest BCUT2D eigenvalue weighted by Gasteiger charge is -2.12. The molecule has 1 aliphatic carbocycles. The highest BCUT2D eigenvalue weighted by Gasteiger charge is 2.14. The third kappa shape index (κ3) is 4.24. The lowest BCUT2D eigenvalue weighted by atomic mass is 9.93. The van der Waals surface area contributed by atoms with Crippen LogP contribution in [0.15, 0.2) is 71.4 Å². The first-order valence-corrected chi connectivity index (χ1v) is 11.0. The van der Waals surface area contributed by atoms with E-state index in [2.05, 4.69) is 68.5 Å². The molecule has 1 aliphatic rings. The second kappa shape index (κ2) is 8.38. The Morgan fingerprint density at radius 3 is 2.42 bits per heavy atom. The number of benzene rings is 2. The molecular weight excluding hydrogens is 382 g/mol. The Balaban J connectivity index is 1.34. The van der Waals surface area contributed by atoms with Crippen LogP contribution in [-0.4, -0.2) is 14.8 Å². The molecule has 0 fully saturated rings. The van der Waals surface area contributed by atoms with Crippen LogP contribution in [-0.2, 0) is 6.54 Å². The fraction of sp³-hybridized carbons (Fsp3) is 0.259. The van der Waals surface area contributed by atoms with E-state index in [-0.39, 0.29) is 0 Å². The van der Waals surface area contributed by atoms with Crippen LogP contribution in [0.1, 0.15) is 48.1 Å². The van der Waals surface area contributed by atoms with Crippen LogP contribution in [0.4, 0.5) is 0 Å². The van der Waals surface area contributed by atoms with E-state index in [0.29, 0.717) is 5.89 Å². The minimum absolute atomic E-state index is 0.555. The topological polar surface area (TPSA) is 43.9 Å². The highest BCUT2D eigenvalue weighted by atomic mass is 16.3. The average Bonchev–Trinajstić information content (AvgIpc) is 3.43. The number of nitrogens with zero attached hydrogens (tertiary/aromatic N) is 3. The lowest BCUT2D eigenvalue weighted by molar-refractivity contribution is 0.568. The average molecular weight is 410 g/mol. The van der Waals surface area contributed by atoms with Gasteiger partial charge in [-0.3, -0.25) is 4.68 Å². The molecule has 0 bridgehead atoms. The zero-order chi connectivity index (χ0) is 21.2. The van der Waals surface area contributed by atoms with Gasteiger partial charge in [-0.2, -0.15) is 5.10 Å². The maximum absolute atomic E-state index is 5.79. The van der Waals surface area contributed by atoms with Crippen molar-refractivity contribution in [3.63, 3.8) is 0 Å². The van der Waals surface area contributed by atoms with Gasteiger partial charge < -0.3 is 4.42 Å². The van der Waals surface area contributed by atoms with Gasteiger partial charge in [-0.15, -0.1) is 0 Å². The molecule has 2 aromatic carbocycles. The largest absolute Gasteiger partial charge is 0.443 e. The first kappa shape index (κ1) is 19.6. The van der Waals surface area contributed by atoms with Crippen molar-refractivity contribution >= 4 is 5.57 Å². The van der Waals surface area contributed by atoms with Crippen molar-refractivity contribution in [2.75, 3.05) is 0 Å². The Kier molecular flexibility index (Phi) is 5.29. The fourth-order valence-electron chi connectivity index (χ4n) is 4.12. The van der Waals surface area contributed by atoms with E-state index in [4.69, 9.17) is 14.5 Å². The Labute approximate surface area is 183 Å². The third-order valence-electron chi connectivity index (χ3n) is 6.00. The van der Waals surface area contributed by atoms with Crippen molar-refractivity contribution in [1.29, 1.82) is 0 Å². The molecule has 4 aromatic rings. The van der Waals surface area contributed by atoms with Gasteiger partial charge in [0.15, 0.2) is 0 Å². The minimum atomic E-state index is 0.555. The van der Waals surface area contributed by atoms with Crippen molar-refractivity contribution in [2.24, 2.45) is 0 Å². The van der Waals surface area contributed by atoms with Gasteiger partial charge in [-0.05, 0) is 62.3 Å². The van der Waals surface area contributed by atoms with Crippen molar-refractivity contribution < 1.29 is 4.42 Å². The molecule has 0 saturated heterocycles. The zero-order valence-corrected chi connectivity index (χ0v) is 18.1.